The predicted molar refractivity (Wildman–Crippen MR) is 105 cm³/mol. The van der Waals surface area contributed by atoms with Crippen LogP contribution in [0.15, 0.2) is 41.6 Å². The molecule has 0 N–H and O–H groups in total. The summed E-state index contributed by atoms with van der Waals surface area (Å²) in [7, 11) is 0. The van der Waals surface area contributed by atoms with E-state index in [1.54, 1.807) is 17.5 Å². The number of carbonyl (C=O) groups is 1. The van der Waals surface area contributed by atoms with Gasteiger partial charge in [-0.15, -0.1) is 11.3 Å². The fourth-order valence-corrected chi connectivity index (χ4v) is 4.21. The quantitative estimate of drug-likeness (QED) is 0.680. The van der Waals surface area contributed by atoms with Crippen molar-refractivity contribution in [2.75, 3.05) is 13.1 Å². The van der Waals surface area contributed by atoms with Crippen molar-refractivity contribution in [3.05, 3.63) is 64.4 Å². The zero-order valence-electron chi connectivity index (χ0n) is 15.4. The molecule has 1 fully saturated rings. The Morgan fingerprint density at radius 3 is 3.00 bits per heavy atom. The molecule has 7 heteroatoms. The van der Waals surface area contributed by atoms with E-state index in [4.69, 9.17) is 0 Å². The van der Waals surface area contributed by atoms with Crippen LogP contribution >= 0.6 is 11.3 Å². The number of aryl methyl sites for hydroxylation is 1. The van der Waals surface area contributed by atoms with E-state index in [2.05, 4.69) is 31.8 Å². The lowest BCUT2D eigenvalue weighted by Crippen LogP contribution is -2.39. The van der Waals surface area contributed by atoms with Gasteiger partial charge in [-0.05, 0) is 31.4 Å². The number of thiazole rings is 1. The highest BCUT2D eigenvalue weighted by Gasteiger charge is 2.28. The highest BCUT2D eigenvalue weighted by Crippen LogP contribution is 2.27. The zero-order valence-corrected chi connectivity index (χ0v) is 16.2. The van der Waals surface area contributed by atoms with Crippen molar-refractivity contribution in [2.45, 2.75) is 38.6 Å². The highest BCUT2D eigenvalue weighted by atomic mass is 32.1. The second-order valence-corrected chi connectivity index (χ2v) is 7.59. The van der Waals surface area contributed by atoms with E-state index in [-0.39, 0.29) is 11.8 Å². The minimum Gasteiger partial charge on any atom is -0.338 e. The van der Waals surface area contributed by atoms with Crippen molar-refractivity contribution in [1.29, 1.82) is 0 Å². The van der Waals surface area contributed by atoms with Crippen LogP contribution in [0.25, 0.3) is 0 Å². The lowest BCUT2D eigenvalue weighted by atomic mass is 9.96. The summed E-state index contributed by atoms with van der Waals surface area (Å²) in [6.07, 6.45) is 8.46. The molecule has 0 aliphatic carbocycles. The summed E-state index contributed by atoms with van der Waals surface area (Å²) in [5.41, 5.74) is 4.58. The first kappa shape index (κ1) is 17.9. The van der Waals surface area contributed by atoms with Gasteiger partial charge in [-0.3, -0.25) is 9.78 Å². The molecule has 27 heavy (non-hydrogen) atoms. The molecule has 1 saturated heterocycles. The summed E-state index contributed by atoms with van der Waals surface area (Å²) in [6, 6.07) is 3.73. The average Bonchev–Trinajstić information content (AvgIpc) is 3.40. The molecule has 4 heterocycles. The second kappa shape index (κ2) is 8.00. The van der Waals surface area contributed by atoms with E-state index in [9.17, 15) is 4.79 Å². The van der Waals surface area contributed by atoms with Crippen LogP contribution in [0.5, 0.6) is 0 Å². The third kappa shape index (κ3) is 3.93. The molecule has 140 valence electrons. The third-order valence-corrected chi connectivity index (χ3v) is 5.70. The van der Waals surface area contributed by atoms with Gasteiger partial charge in [0.15, 0.2) is 0 Å². The van der Waals surface area contributed by atoms with E-state index >= 15 is 0 Å². The Hall–Kier alpha value is -2.54. The smallest absolute Gasteiger partial charge is 0.253 e. The molecule has 0 saturated carbocycles. The Morgan fingerprint density at radius 2 is 2.19 bits per heavy atom. The molecule has 0 bridgehead atoms. The van der Waals surface area contributed by atoms with Crippen LogP contribution < -0.4 is 0 Å². The van der Waals surface area contributed by atoms with Crippen LogP contribution in [-0.2, 0) is 13.0 Å². The van der Waals surface area contributed by atoms with Crippen LogP contribution in [0.3, 0.4) is 0 Å². The summed E-state index contributed by atoms with van der Waals surface area (Å²) >= 11 is 1.60. The fourth-order valence-electron chi connectivity index (χ4n) is 3.66. The average molecular weight is 382 g/mol. The number of pyridine rings is 1. The molecule has 1 aliphatic rings. The fraction of sp³-hybridized carbons (Fsp3) is 0.400. The van der Waals surface area contributed by atoms with Gasteiger partial charge in [0.1, 0.15) is 5.82 Å². The Kier molecular flexibility index (Phi) is 5.29. The first-order chi connectivity index (χ1) is 13.2. The van der Waals surface area contributed by atoms with Crippen molar-refractivity contribution in [3.63, 3.8) is 0 Å². The molecule has 1 aliphatic heterocycles. The molecule has 0 aromatic carbocycles. The topological polar surface area (TPSA) is 63.9 Å². The number of carbonyl (C=O) groups excluding carboxylic acids is 1. The Morgan fingerprint density at radius 1 is 1.26 bits per heavy atom. The van der Waals surface area contributed by atoms with Crippen molar-refractivity contribution in [1.82, 2.24) is 24.4 Å². The van der Waals surface area contributed by atoms with Crippen LogP contribution in [0, 0.1) is 0 Å². The molecule has 3 aromatic rings. The lowest BCUT2D eigenvalue weighted by Gasteiger charge is -2.32. The largest absolute Gasteiger partial charge is 0.338 e. The third-order valence-electron chi connectivity index (χ3n) is 5.06. The number of rotatable bonds is 5. The van der Waals surface area contributed by atoms with Gasteiger partial charge in [-0.1, -0.05) is 6.92 Å². The second-order valence-electron chi connectivity index (χ2n) is 6.87. The number of likely N-dealkylation sites (tertiary alicyclic amines) is 1. The number of nitrogens with zero attached hydrogens (tertiary/aromatic N) is 5. The van der Waals surface area contributed by atoms with E-state index in [0.29, 0.717) is 6.54 Å². The van der Waals surface area contributed by atoms with Gasteiger partial charge in [0.05, 0.1) is 17.7 Å². The Labute approximate surface area is 162 Å². The normalized spacial score (nSPS) is 17.2. The molecule has 1 amide bonds. The maximum atomic E-state index is 13.0. The summed E-state index contributed by atoms with van der Waals surface area (Å²) in [4.78, 5) is 28.2. The molecule has 6 nitrogen and oxygen atoms in total. The first-order valence-corrected chi connectivity index (χ1v) is 10.3. The standard InChI is InChI=1S/C20H23N5OS/c1-2-17-10-15(5-6-21-17)20(26)25-8-3-4-16(11-25)19-22-7-9-24(19)12-18-13-27-14-23-18/h5-7,9-10,13-14,16H,2-4,8,11-12H2,1H3/t16-/m1/s1. The molecular formula is C20H23N5OS. The minimum atomic E-state index is 0.0920. The van der Waals surface area contributed by atoms with Gasteiger partial charge in [0, 0.05) is 54.2 Å². The number of hydrogen-bond acceptors (Lipinski definition) is 5. The molecule has 0 unspecified atom stereocenters. The van der Waals surface area contributed by atoms with E-state index in [1.807, 2.05) is 34.9 Å². The van der Waals surface area contributed by atoms with Crippen molar-refractivity contribution in [2.24, 2.45) is 0 Å². The van der Waals surface area contributed by atoms with Gasteiger partial charge >= 0.3 is 0 Å². The monoisotopic (exact) mass is 381 g/mol. The van der Waals surface area contributed by atoms with Gasteiger partial charge in [0.25, 0.3) is 5.91 Å². The first-order valence-electron chi connectivity index (χ1n) is 9.37. The highest BCUT2D eigenvalue weighted by molar-refractivity contribution is 7.07. The molecule has 0 radical (unpaired) electrons. The van der Waals surface area contributed by atoms with Crippen molar-refractivity contribution >= 4 is 17.2 Å². The van der Waals surface area contributed by atoms with Gasteiger partial charge < -0.3 is 9.47 Å². The number of piperidine rings is 1. The SMILES string of the molecule is CCc1cc(C(=O)N2CCC[C@@H](c3nccn3Cc3cscn3)C2)ccn1. The summed E-state index contributed by atoms with van der Waals surface area (Å²) in [5, 5.41) is 2.06. The maximum Gasteiger partial charge on any atom is 0.253 e. The zero-order chi connectivity index (χ0) is 18.6. The van der Waals surface area contributed by atoms with Crippen molar-refractivity contribution < 1.29 is 4.79 Å². The Balaban J connectivity index is 1.50. The van der Waals surface area contributed by atoms with Crippen LogP contribution in [0.4, 0.5) is 0 Å². The number of imidazole rings is 1. The van der Waals surface area contributed by atoms with Crippen LogP contribution in [0.2, 0.25) is 0 Å². The minimum absolute atomic E-state index is 0.0920. The number of amides is 1. The van der Waals surface area contributed by atoms with Gasteiger partial charge in [-0.25, -0.2) is 9.97 Å². The number of aromatic nitrogens is 4. The van der Waals surface area contributed by atoms with Gasteiger partial charge in [-0.2, -0.15) is 0 Å². The van der Waals surface area contributed by atoms with Gasteiger partial charge in [0.2, 0.25) is 0 Å². The molecule has 3 aromatic heterocycles. The van der Waals surface area contributed by atoms with E-state index in [0.717, 1.165) is 55.1 Å². The van der Waals surface area contributed by atoms with Crippen LogP contribution in [-0.4, -0.2) is 43.4 Å². The molecular weight excluding hydrogens is 358 g/mol. The van der Waals surface area contributed by atoms with E-state index in [1.165, 1.54) is 0 Å². The summed E-state index contributed by atoms with van der Waals surface area (Å²) in [5.74, 6) is 1.39. The number of hydrogen-bond donors (Lipinski definition) is 0. The maximum absolute atomic E-state index is 13.0. The summed E-state index contributed by atoms with van der Waals surface area (Å²) in [6.45, 7) is 4.28. The molecule has 0 spiro atoms. The predicted octanol–water partition coefficient (Wildman–Crippen LogP) is 3.37. The molecule has 1 atom stereocenters. The van der Waals surface area contributed by atoms with E-state index < -0.39 is 0 Å². The van der Waals surface area contributed by atoms with Crippen LogP contribution in [0.1, 0.15) is 53.3 Å². The summed E-state index contributed by atoms with van der Waals surface area (Å²) < 4.78 is 2.16. The Bertz CT molecular complexity index is 905. The van der Waals surface area contributed by atoms with Crippen molar-refractivity contribution in [3.8, 4) is 0 Å². The molecule has 4 rings (SSSR count). The lowest BCUT2D eigenvalue weighted by molar-refractivity contribution is 0.0703.